The molecular formula is C37H55N3O8. The lowest BCUT2D eigenvalue weighted by Gasteiger charge is -2.35. The van der Waals surface area contributed by atoms with Gasteiger partial charge in [0.15, 0.2) is 0 Å². The summed E-state index contributed by atoms with van der Waals surface area (Å²) in [6.07, 6.45) is 3.49. The highest BCUT2D eigenvalue weighted by atomic mass is 16.6. The third-order valence-electron chi connectivity index (χ3n) is 7.34. The van der Waals surface area contributed by atoms with Gasteiger partial charge in [-0.25, -0.2) is 9.59 Å². The summed E-state index contributed by atoms with van der Waals surface area (Å²) in [6.45, 7) is 13.4. The zero-order valence-corrected chi connectivity index (χ0v) is 29.8. The number of esters is 1. The van der Waals surface area contributed by atoms with Crippen LogP contribution in [0.25, 0.3) is 0 Å². The summed E-state index contributed by atoms with van der Waals surface area (Å²) in [4.78, 5) is 56.2. The van der Waals surface area contributed by atoms with Gasteiger partial charge in [0.05, 0.1) is 6.61 Å². The number of aliphatic hydroxyl groups excluding tert-OH is 1. The van der Waals surface area contributed by atoms with E-state index in [9.17, 15) is 29.4 Å². The molecule has 0 spiro atoms. The second kappa shape index (κ2) is 18.4. The van der Waals surface area contributed by atoms with Crippen molar-refractivity contribution < 1.29 is 38.9 Å². The molecule has 0 aliphatic carbocycles. The molecule has 2 aromatic rings. The van der Waals surface area contributed by atoms with Gasteiger partial charge in [-0.2, -0.15) is 0 Å². The number of nitrogens with zero attached hydrogens (tertiary/aromatic N) is 1. The number of aryl methyl sites for hydroxylation is 1. The molecule has 48 heavy (non-hydrogen) atoms. The van der Waals surface area contributed by atoms with Crippen LogP contribution in [0.2, 0.25) is 0 Å². The minimum absolute atomic E-state index is 0.00545. The third kappa shape index (κ3) is 13.5. The highest BCUT2D eigenvalue weighted by molar-refractivity contribution is 5.94. The van der Waals surface area contributed by atoms with Gasteiger partial charge in [0.2, 0.25) is 11.8 Å². The molecular weight excluding hydrogens is 614 g/mol. The lowest BCUT2D eigenvalue weighted by Crippen LogP contribution is -2.56. The normalized spacial score (nSPS) is 13.5. The summed E-state index contributed by atoms with van der Waals surface area (Å²) in [6, 6.07) is 9.95. The number of hydrogen-bond acceptors (Lipinski definition) is 8. The van der Waals surface area contributed by atoms with Crippen molar-refractivity contribution in [2.75, 3.05) is 13.2 Å². The molecule has 11 heteroatoms. The molecule has 11 nitrogen and oxygen atoms in total. The predicted octanol–water partition coefficient (Wildman–Crippen LogP) is 5.50. The fourth-order valence-electron chi connectivity index (χ4n) is 5.08. The highest BCUT2D eigenvalue weighted by Crippen LogP contribution is 2.28. The van der Waals surface area contributed by atoms with Crippen LogP contribution in [0.5, 0.6) is 5.75 Å². The van der Waals surface area contributed by atoms with Gasteiger partial charge in [-0.05, 0) is 83.7 Å². The lowest BCUT2D eigenvalue weighted by molar-refractivity contribution is -0.159. The highest BCUT2D eigenvalue weighted by Gasteiger charge is 2.38. The van der Waals surface area contributed by atoms with Crippen LogP contribution < -0.4 is 10.6 Å². The van der Waals surface area contributed by atoms with E-state index in [-0.39, 0.29) is 18.7 Å². The van der Waals surface area contributed by atoms with Gasteiger partial charge in [0.25, 0.3) is 0 Å². The van der Waals surface area contributed by atoms with Gasteiger partial charge < -0.3 is 35.2 Å². The maximum Gasteiger partial charge on any atom is 0.408 e. The molecule has 2 aromatic carbocycles. The first-order valence-corrected chi connectivity index (χ1v) is 16.7. The number of carbonyl (C=O) groups excluding carboxylic acids is 4. The van der Waals surface area contributed by atoms with Gasteiger partial charge in [0, 0.05) is 13.0 Å². The van der Waals surface area contributed by atoms with Crippen molar-refractivity contribution >= 4 is 23.9 Å². The summed E-state index contributed by atoms with van der Waals surface area (Å²) in [5, 5.41) is 25.9. The largest absolute Gasteiger partial charge is 0.508 e. The molecule has 0 radical (unpaired) electrons. The van der Waals surface area contributed by atoms with Gasteiger partial charge in [0.1, 0.15) is 35.1 Å². The van der Waals surface area contributed by atoms with Gasteiger partial charge >= 0.3 is 12.1 Å². The van der Waals surface area contributed by atoms with E-state index in [1.54, 1.807) is 60.6 Å². The molecule has 3 atom stereocenters. The van der Waals surface area contributed by atoms with E-state index >= 15 is 0 Å². The SMILES string of the molecule is CCCCCCCN(C(=O)C(CO)NC(=O)OC(C)(C)C)C(C(=O)NC(Cc1ccccc1)C(=O)OC(C)(C)C)c1ccc(O)c(C)c1. The molecule has 0 heterocycles. The number of carbonyl (C=O) groups is 4. The lowest BCUT2D eigenvalue weighted by atomic mass is 9.98. The molecule has 3 unspecified atom stereocenters. The van der Waals surface area contributed by atoms with Crippen molar-refractivity contribution in [3.05, 3.63) is 65.2 Å². The second-order valence-electron chi connectivity index (χ2n) is 14.1. The van der Waals surface area contributed by atoms with E-state index in [4.69, 9.17) is 9.47 Å². The minimum Gasteiger partial charge on any atom is -0.508 e. The van der Waals surface area contributed by atoms with Crippen LogP contribution >= 0.6 is 0 Å². The monoisotopic (exact) mass is 669 g/mol. The van der Waals surface area contributed by atoms with E-state index in [0.717, 1.165) is 31.2 Å². The predicted molar refractivity (Wildman–Crippen MR) is 184 cm³/mol. The van der Waals surface area contributed by atoms with E-state index in [0.29, 0.717) is 17.5 Å². The molecule has 0 aromatic heterocycles. The Balaban J connectivity index is 2.61. The summed E-state index contributed by atoms with van der Waals surface area (Å²) in [5.74, 6) is -2.01. The number of aromatic hydroxyl groups is 1. The smallest absolute Gasteiger partial charge is 0.408 e. The summed E-state index contributed by atoms with van der Waals surface area (Å²) in [7, 11) is 0. The Labute approximate surface area is 285 Å². The molecule has 0 bridgehead atoms. The Bertz CT molecular complexity index is 1350. The number of hydrogen-bond donors (Lipinski definition) is 4. The average molecular weight is 670 g/mol. The zero-order chi connectivity index (χ0) is 36.1. The van der Waals surface area contributed by atoms with Crippen molar-refractivity contribution in [3.8, 4) is 5.75 Å². The van der Waals surface area contributed by atoms with Crippen LogP contribution in [0.15, 0.2) is 48.5 Å². The fourth-order valence-corrected chi connectivity index (χ4v) is 5.08. The van der Waals surface area contributed by atoms with Crippen LogP contribution in [-0.4, -0.2) is 75.4 Å². The molecule has 0 fully saturated rings. The van der Waals surface area contributed by atoms with Gasteiger partial charge in [-0.3, -0.25) is 9.59 Å². The van der Waals surface area contributed by atoms with Crippen molar-refractivity contribution in [1.29, 1.82) is 0 Å². The van der Waals surface area contributed by atoms with Crippen molar-refractivity contribution in [2.45, 2.75) is 123 Å². The van der Waals surface area contributed by atoms with E-state index < -0.39 is 59.8 Å². The first kappa shape index (κ1) is 40.1. The molecule has 3 amide bonds. The molecule has 266 valence electrons. The number of alkyl carbamates (subject to hydrolysis) is 1. The van der Waals surface area contributed by atoms with E-state index in [1.165, 1.54) is 11.0 Å². The standard InChI is InChI=1S/C37H55N3O8/c1-9-10-11-12-16-21-40(33(44)29(24-41)39-35(46)48-37(6,7)8)31(27-19-20-30(42)25(2)22-27)32(43)38-28(34(45)47-36(3,4)5)23-26-17-14-13-15-18-26/h13-15,17-20,22,28-29,31,41-42H,9-12,16,21,23-24H2,1-8H3,(H,38,43)(H,39,46). The quantitative estimate of drug-likeness (QED) is 0.135. The molecule has 4 N–H and O–H groups in total. The number of phenols is 1. The summed E-state index contributed by atoms with van der Waals surface area (Å²) >= 11 is 0. The zero-order valence-electron chi connectivity index (χ0n) is 29.8. The van der Waals surface area contributed by atoms with Crippen LogP contribution in [0.1, 0.15) is 103 Å². The molecule has 0 aliphatic heterocycles. The van der Waals surface area contributed by atoms with Gasteiger partial charge in [-0.1, -0.05) is 69.0 Å². The first-order valence-electron chi connectivity index (χ1n) is 16.7. The molecule has 2 rings (SSSR count). The van der Waals surface area contributed by atoms with E-state index in [2.05, 4.69) is 17.6 Å². The fraction of sp³-hybridized carbons (Fsp3) is 0.568. The van der Waals surface area contributed by atoms with Crippen molar-refractivity contribution in [2.24, 2.45) is 0 Å². The molecule has 0 saturated carbocycles. The summed E-state index contributed by atoms with van der Waals surface area (Å²) < 4.78 is 11.0. The number of rotatable bonds is 16. The average Bonchev–Trinajstić information content (AvgIpc) is 2.99. The number of benzene rings is 2. The first-order chi connectivity index (χ1) is 22.5. The Morgan fingerprint density at radius 1 is 0.833 bits per heavy atom. The van der Waals surface area contributed by atoms with Crippen LogP contribution in [0.3, 0.4) is 0 Å². The second-order valence-corrected chi connectivity index (χ2v) is 14.1. The Morgan fingerprint density at radius 3 is 2.02 bits per heavy atom. The molecule has 0 aliphatic rings. The molecule has 0 saturated heterocycles. The summed E-state index contributed by atoms with van der Waals surface area (Å²) in [5.41, 5.74) is -0.0446. The number of phenolic OH excluding ortho intramolecular Hbond substituents is 1. The van der Waals surface area contributed by atoms with Crippen molar-refractivity contribution in [3.63, 3.8) is 0 Å². The number of amides is 3. The Kier molecular flexibility index (Phi) is 15.4. The Morgan fingerprint density at radius 2 is 1.46 bits per heavy atom. The number of nitrogens with one attached hydrogen (secondary N) is 2. The Hall–Kier alpha value is -4.12. The number of ether oxygens (including phenoxy) is 2. The topological polar surface area (TPSA) is 154 Å². The third-order valence-corrected chi connectivity index (χ3v) is 7.34. The maximum absolute atomic E-state index is 14.5. The number of unbranched alkanes of at least 4 members (excludes halogenated alkanes) is 4. The van der Waals surface area contributed by atoms with Crippen LogP contribution in [0.4, 0.5) is 4.79 Å². The number of aliphatic hydroxyl groups is 1. The van der Waals surface area contributed by atoms with Crippen LogP contribution in [0, 0.1) is 6.92 Å². The van der Waals surface area contributed by atoms with E-state index in [1.807, 2.05) is 30.3 Å². The van der Waals surface area contributed by atoms with Crippen molar-refractivity contribution in [1.82, 2.24) is 15.5 Å². The maximum atomic E-state index is 14.5. The van der Waals surface area contributed by atoms with Crippen LogP contribution in [-0.2, 0) is 30.3 Å². The minimum atomic E-state index is -1.42. The van der Waals surface area contributed by atoms with Gasteiger partial charge in [-0.15, -0.1) is 0 Å².